The normalized spacial score (nSPS) is 19.5. The Bertz CT molecular complexity index is 1320. The lowest BCUT2D eigenvalue weighted by Gasteiger charge is -2.28. The number of benzene rings is 1. The zero-order valence-corrected chi connectivity index (χ0v) is 19.7. The van der Waals surface area contributed by atoms with Gasteiger partial charge in [0, 0.05) is 35.8 Å². The Balaban J connectivity index is 1.40. The summed E-state index contributed by atoms with van der Waals surface area (Å²) in [6.07, 6.45) is 6.84. The molecule has 0 spiro atoms. The van der Waals surface area contributed by atoms with E-state index in [9.17, 15) is 14.4 Å². The fourth-order valence-electron chi connectivity index (χ4n) is 4.32. The van der Waals surface area contributed by atoms with Gasteiger partial charge in [0.15, 0.2) is 5.11 Å². The highest BCUT2D eigenvalue weighted by Gasteiger charge is 2.34. The molecular formula is C25H24N4O5S. The first kappa shape index (κ1) is 23.0. The second-order valence-electron chi connectivity index (χ2n) is 8.46. The van der Waals surface area contributed by atoms with Gasteiger partial charge in [-0.1, -0.05) is 18.2 Å². The standard InChI is InChI=1S/C25H24N4O5S/c30-22(26-12-17-5-3-9-33-17)15-28-13-16(19-7-1-2-8-21(19)28)11-20-23(31)27-25(35)29(24(20)32)14-18-6-4-10-34-18/h1-2,4,6-8,10-11,13,17H,3,5,9,12,14-15H2,(H,26,30)(H,27,31,35). The number of rotatable bonds is 7. The van der Waals surface area contributed by atoms with Gasteiger partial charge in [-0.25, -0.2) is 0 Å². The van der Waals surface area contributed by atoms with E-state index >= 15 is 0 Å². The summed E-state index contributed by atoms with van der Waals surface area (Å²) in [4.78, 5) is 39.8. The van der Waals surface area contributed by atoms with Crippen molar-refractivity contribution >= 4 is 52.0 Å². The molecule has 2 fully saturated rings. The van der Waals surface area contributed by atoms with E-state index in [-0.39, 0.29) is 35.8 Å². The third-order valence-corrected chi connectivity index (χ3v) is 6.39. The van der Waals surface area contributed by atoms with E-state index in [2.05, 4.69) is 10.6 Å². The summed E-state index contributed by atoms with van der Waals surface area (Å²) >= 11 is 5.21. The van der Waals surface area contributed by atoms with Gasteiger partial charge in [0.2, 0.25) is 5.91 Å². The number of aromatic nitrogens is 1. The van der Waals surface area contributed by atoms with Crippen LogP contribution in [-0.2, 0) is 32.2 Å². The number of hydrogen-bond acceptors (Lipinski definition) is 6. The van der Waals surface area contributed by atoms with Crippen molar-refractivity contribution in [2.45, 2.75) is 32.0 Å². The number of para-hydroxylation sites is 1. The molecule has 180 valence electrons. The van der Waals surface area contributed by atoms with Gasteiger partial charge in [-0.2, -0.15) is 0 Å². The summed E-state index contributed by atoms with van der Waals surface area (Å²) < 4.78 is 12.7. The van der Waals surface area contributed by atoms with E-state index in [0.29, 0.717) is 17.9 Å². The number of amides is 3. The number of furan rings is 1. The van der Waals surface area contributed by atoms with Crippen LogP contribution in [-0.4, -0.2) is 51.6 Å². The van der Waals surface area contributed by atoms with Crippen molar-refractivity contribution in [2.75, 3.05) is 13.2 Å². The molecular weight excluding hydrogens is 468 g/mol. The lowest BCUT2D eigenvalue weighted by Crippen LogP contribution is -2.53. The Hall–Kier alpha value is -3.76. The third kappa shape index (κ3) is 4.89. The summed E-state index contributed by atoms with van der Waals surface area (Å²) in [7, 11) is 0. The molecule has 35 heavy (non-hydrogen) atoms. The second kappa shape index (κ2) is 9.85. The molecule has 2 aliphatic rings. The number of fused-ring (bicyclic) bond motifs is 1. The van der Waals surface area contributed by atoms with Crippen molar-refractivity contribution in [2.24, 2.45) is 0 Å². The van der Waals surface area contributed by atoms with Gasteiger partial charge in [-0.05, 0) is 49.3 Å². The summed E-state index contributed by atoms with van der Waals surface area (Å²) in [5.74, 6) is -0.674. The monoisotopic (exact) mass is 492 g/mol. The molecule has 1 atom stereocenters. The molecule has 1 unspecified atom stereocenters. The Morgan fingerprint density at radius 2 is 2.09 bits per heavy atom. The number of ether oxygens (including phenoxy) is 1. The molecule has 0 aliphatic carbocycles. The van der Waals surface area contributed by atoms with Gasteiger partial charge >= 0.3 is 0 Å². The van der Waals surface area contributed by atoms with Crippen molar-refractivity contribution in [3.05, 3.63) is 65.8 Å². The van der Waals surface area contributed by atoms with Crippen LogP contribution in [0.4, 0.5) is 0 Å². The second-order valence-corrected chi connectivity index (χ2v) is 8.84. The fraction of sp³-hybridized carbons (Fsp3) is 0.280. The molecule has 2 aromatic heterocycles. The van der Waals surface area contributed by atoms with Gasteiger partial charge in [-0.15, -0.1) is 0 Å². The Morgan fingerprint density at radius 1 is 1.23 bits per heavy atom. The average Bonchev–Trinajstić information content (AvgIpc) is 3.61. The smallest absolute Gasteiger partial charge is 0.266 e. The first-order valence-electron chi connectivity index (χ1n) is 11.4. The number of nitrogens with zero attached hydrogens (tertiary/aromatic N) is 2. The highest BCUT2D eigenvalue weighted by atomic mass is 32.1. The highest BCUT2D eigenvalue weighted by molar-refractivity contribution is 7.80. The summed E-state index contributed by atoms with van der Waals surface area (Å²) in [5, 5.41) is 6.35. The van der Waals surface area contributed by atoms with Crippen LogP contribution in [0.5, 0.6) is 0 Å². The molecule has 5 rings (SSSR count). The van der Waals surface area contributed by atoms with E-state index in [4.69, 9.17) is 21.4 Å². The zero-order valence-electron chi connectivity index (χ0n) is 18.9. The maximum absolute atomic E-state index is 13.2. The molecule has 0 saturated carbocycles. The van der Waals surface area contributed by atoms with Crippen LogP contribution in [0.25, 0.3) is 17.0 Å². The fourth-order valence-corrected chi connectivity index (χ4v) is 4.56. The van der Waals surface area contributed by atoms with Gasteiger partial charge in [0.25, 0.3) is 11.8 Å². The highest BCUT2D eigenvalue weighted by Crippen LogP contribution is 2.25. The van der Waals surface area contributed by atoms with Crippen LogP contribution < -0.4 is 10.6 Å². The van der Waals surface area contributed by atoms with Crippen LogP contribution in [0.15, 0.2) is 58.8 Å². The van der Waals surface area contributed by atoms with Gasteiger partial charge in [0.1, 0.15) is 17.9 Å². The molecule has 0 radical (unpaired) electrons. The Morgan fingerprint density at radius 3 is 2.86 bits per heavy atom. The number of carbonyl (C=O) groups excluding carboxylic acids is 3. The maximum atomic E-state index is 13.2. The van der Waals surface area contributed by atoms with Crippen LogP contribution in [0.2, 0.25) is 0 Å². The zero-order chi connectivity index (χ0) is 24.4. The molecule has 2 N–H and O–H groups in total. The predicted octanol–water partition coefficient (Wildman–Crippen LogP) is 2.36. The van der Waals surface area contributed by atoms with Gasteiger partial charge in [0.05, 0.1) is 18.9 Å². The maximum Gasteiger partial charge on any atom is 0.266 e. The molecule has 10 heteroatoms. The van der Waals surface area contributed by atoms with Crippen molar-refractivity contribution in [3.63, 3.8) is 0 Å². The predicted molar refractivity (Wildman–Crippen MR) is 132 cm³/mol. The Kier molecular flexibility index (Phi) is 6.47. The SMILES string of the molecule is O=C(Cn1cc(C=C2C(=O)NC(=S)N(Cc3ccco3)C2=O)c2ccccc21)NCC1CCCO1. The van der Waals surface area contributed by atoms with E-state index < -0.39 is 11.8 Å². The summed E-state index contributed by atoms with van der Waals surface area (Å²) in [6.45, 7) is 1.42. The molecule has 1 aromatic carbocycles. The molecule has 9 nitrogen and oxygen atoms in total. The quantitative estimate of drug-likeness (QED) is 0.298. The first-order valence-corrected chi connectivity index (χ1v) is 11.8. The molecule has 3 aromatic rings. The summed E-state index contributed by atoms with van der Waals surface area (Å²) in [6, 6.07) is 11.0. The number of thiocarbonyl (C=S) groups is 1. The van der Waals surface area contributed by atoms with E-state index in [0.717, 1.165) is 30.4 Å². The average molecular weight is 493 g/mol. The molecule has 4 heterocycles. The minimum Gasteiger partial charge on any atom is -0.467 e. The van der Waals surface area contributed by atoms with Crippen LogP contribution in [0.3, 0.4) is 0 Å². The number of nitrogens with one attached hydrogen (secondary N) is 2. The minimum absolute atomic E-state index is 0.0268. The van der Waals surface area contributed by atoms with Crippen molar-refractivity contribution in [1.29, 1.82) is 0 Å². The van der Waals surface area contributed by atoms with Crippen LogP contribution in [0, 0.1) is 0 Å². The number of carbonyl (C=O) groups is 3. The van der Waals surface area contributed by atoms with Crippen LogP contribution >= 0.6 is 12.2 Å². The van der Waals surface area contributed by atoms with Gasteiger partial charge < -0.3 is 19.0 Å². The van der Waals surface area contributed by atoms with Crippen LogP contribution in [0.1, 0.15) is 24.2 Å². The van der Waals surface area contributed by atoms with Crippen molar-refractivity contribution < 1.29 is 23.5 Å². The molecule has 2 saturated heterocycles. The lowest BCUT2D eigenvalue weighted by molar-refractivity contribution is -0.129. The largest absolute Gasteiger partial charge is 0.467 e. The lowest BCUT2D eigenvalue weighted by atomic mass is 10.1. The molecule has 3 amide bonds. The third-order valence-electron chi connectivity index (χ3n) is 6.06. The van der Waals surface area contributed by atoms with E-state index in [1.807, 2.05) is 28.8 Å². The first-order chi connectivity index (χ1) is 17.0. The number of hydrogen-bond donors (Lipinski definition) is 2. The molecule has 2 aliphatic heterocycles. The van der Waals surface area contributed by atoms with Gasteiger partial charge in [-0.3, -0.25) is 24.6 Å². The van der Waals surface area contributed by atoms with E-state index in [1.165, 1.54) is 17.2 Å². The Labute approximate surface area is 206 Å². The van der Waals surface area contributed by atoms with Crippen molar-refractivity contribution in [3.8, 4) is 0 Å². The topological polar surface area (TPSA) is 106 Å². The molecule has 0 bridgehead atoms. The van der Waals surface area contributed by atoms with E-state index in [1.54, 1.807) is 18.3 Å². The summed E-state index contributed by atoms with van der Waals surface area (Å²) in [5.41, 5.74) is 1.42. The minimum atomic E-state index is -0.568. The van der Waals surface area contributed by atoms with Crippen molar-refractivity contribution in [1.82, 2.24) is 20.1 Å².